The Kier molecular flexibility index (Phi) is 3.17. The van der Waals surface area contributed by atoms with Crippen molar-refractivity contribution in [2.75, 3.05) is 4.31 Å². The molecular formula is C15H12NO4S. The quantitative estimate of drug-likeness (QED) is 0.936. The van der Waals surface area contributed by atoms with E-state index in [2.05, 4.69) is 6.07 Å². The summed E-state index contributed by atoms with van der Waals surface area (Å²) in [6, 6.07) is 14.3. The zero-order valence-electron chi connectivity index (χ0n) is 10.9. The smallest absolute Gasteiger partial charge is 0.327 e. The highest BCUT2D eigenvalue weighted by atomic mass is 32.2. The third-order valence-electron chi connectivity index (χ3n) is 3.45. The van der Waals surface area contributed by atoms with Gasteiger partial charge in [0.05, 0.1) is 10.6 Å². The van der Waals surface area contributed by atoms with Crippen molar-refractivity contribution in [2.24, 2.45) is 0 Å². The molecule has 0 aliphatic carbocycles. The van der Waals surface area contributed by atoms with Crippen LogP contribution in [0.4, 0.5) is 5.69 Å². The fourth-order valence-electron chi connectivity index (χ4n) is 2.50. The SMILES string of the molecule is O=C(O)C1Cc2ccccc2N1S(=O)(=O)c1cc[c]cc1. The Morgan fingerprint density at radius 3 is 2.52 bits per heavy atom. The summed E-state index contributed by atoms with van der Waals surface area (Å²) in [5.41, 5.74) is 1.15. The second kappa shape index (κ2) is 4.89. The zero-order chi connectivity index (χ0) is 15.0. The second-order valence-corrected chi connectivity index (χ2v) is 6.54. The lowest BCUT2D eigenvalue weighted by Crippen LogP contribution is -2.42. The second-order valence-electron chi connectivity index (χ2n) is 4.72. The maximum absolute atomic E-state index is 12.8. The molecule has 107 valence electrons. The van der Waals surface area contributed by atoms with Gasteiger partial charge in [0.25, 0.3) is 10.0 Å². The van der Waals surface area contributed by atoms with Gasteiger partial charge in [-0.3, -0.25) is 4.31 Å². The predicted molar refractivity (Wildman–Crippen MR) is 76.5 cm³/mol. The van der Waals surface area contributed by atoms with E-state index in [9.17, 15) is 18.3 Å². The van der Waals surface area contributed by atoms with Crippen LogP contribution in [0.15, 0.2) is 53.4 Å². The number of fused-ring (bicyclic) bond motifs is 1. The van der Waals surface area contributed by atoms with E-state index < -0.39 is 22.0 Å². The van der Waals surface area contributed by atoms with E-state index in [4.69, 9.17) is 0 Å². The molecule has 5 nitrogen and oxygen atoms in total. The van der Waals surface area contributed by atoms with Gasteiger partial charge in [-0.1, -0.05) is 30.3 Å². The summed E-state index contributed by atoms with van der Waals surface area (Å²) in [7, 11) is -3.91. The van der Waals surface area contributed by atoms with Crippen molar-refractivity contribution in [3.05, 3.63) is 60.2 Å². The molecule has 0 saturated carbocycles. The highest BCUT2D eigenvalue weighted by Crippen LogP contribution is 2.36. The van der Waals surface area contributed by atoms with E-state index >= 15 is 0 Å². The molecule has 0 bridgehead atoms. The number of benzene rings is 2. The Labute approximate surface area is 122 Å². The van der Waals surface area contributed by atoms with Crippen molar-refractivity contribution in [3.8, 4) is 0 Å². The van der Waals surface area contributed by atoms with Gasteiger partial charge in [0, 0.05) is 6.42 Å². The highest BCUT2D eigenvalue weighted by molar-refractivity contribution is 7.93. The Morgan fingerprint density at radius 1 is 1.19 bits per heavy atom. The third-order valence-corrected chi connectivity index (χ3v) is 5.29. The summed E-state index contributed by atoms with van der Waals surface area (Å²) in [4.78, 5) is 11.5. The van der Waals surface area contributed by atoms with Crippen molar-refractivity contribution in [1.29, 1.82) is 0 Å². The van der Waals surface area contributed by atoms with Crippen LogP contribution in [0.1, 0.15) is 5.56 Å². The number of carboxylic acids is 1. The molecule has 0 amide bonds. The normalized spacial score (nSPS) is 17.5. The fraction of sp³-hybridized carbons (Fsp3) is 0.133. The van der Waals surface area contributed by atoms with E-state index in [0.717, 1.165) is 9.87 Å². The highest BCUT2D eigenvalue weighted by Gasteiger charge is 2.42. The van der Waals surface area contributed by atoms with Crippen LogP contribution in [0, 0.1) is 6.07 Å². The van der Waals surface area contributed by atoms with Crippen LogP contribution in [-0.4, -0.2) is 25.5 Å². The van der Waals surface area contributed by atoms with Crippen LogP contribution in [0.5, 0.6) is 0 Å². The molecule has 21 heavy (non-hydrogen) atoms. The molecule has 0 saturated heterocycles. The minimum absolute atomic E-state index is 0.0594. The van der Waals surface area contributed by atoms with Gasteiger partial charge in [-0.15, -0.1) is 0 Å². The van der Waals surface area contributed by atoms with Crippen molar-refractivity contribution in [3.63, 3.8) is 0 Å². The average Bonchev–Trinajstić information content (AvgIpc) is 2.88. The minimum atomic E-state index is -3.91. The molecule has 1 aliphatic rings. The monoisotopic (exact) mass is 302 g/mol. The van der Waals surface area contributed by atoms with Gasteiger partial charge < -0.3 is 5.11 Å². The first-order chi connectivity index (χ1) is 10.0. The van der Waals surface area contributed by atoms with Crippen molar-refractivity contribution >= 4 is 21.7 Å². The van der Waals surface area contributed by atoms with E-state index in [1.807, 2.05) is 0 Å². The lowest BCUT2D eigenvalue weighted by molar-refractivity contribution is -0.138. The van der Waals surface area contributed by atoms with Gasteiger partial charge in [0.1, 0.15) is 6.04 Å². The standard InChI is InChI=1S/C15H12NO4S/c17-15(18)14-10-11-6-4-5-9-13(11)16(14)21(19,20)12-7-2-1-3-8-12/h2-9,14H,10H2,(H,17,18). The molecule has 2 aromatic carbocycles. The number of rotatable bonds is 3. The summed E-state index contributed by atoms with van der Waals surface area (Å²) in [5.74, 6) is -1.16. The number of anilines is 1. The topological polar surface area (TPSA) is 74.7 Å². The zero-order valence-corrected chi connectivity index (χ0v) is 11.7. The molecule has 1 atom stereocenters. The summed E-state index contributed by atoms with van der Waals surface area (Å²) in [6.07, 6.45) is 0.170. The molecule has 0 aromatic heterocycles. The minimum Gasteiger partial charge on any atom is -0.480 e. The maximum atomic E-state index is 12.8. The van der Waals surface area contributed by atoms with Crippen molar-refractivity contribution in [1.82, 2.24) is 0 Å². The molecule has 1 heterocycles. The molecule has 1 radical (unpaired) electrons. The number of nitrogens with zero attached hydrogens (tertiary/aromatic N) is 1. The molecule has 1 unspecified atom stereocenters. The van der Waals surface area contributed by atoms with Crippen LogP contribution in [0.25, 0.3) is 0 Å². The van der Waals surface area contributed by atoms with Gasteiger partial charge in [-0.05, 0) is 29.8 Å². The van der Waals surface area contributed by atoms with E-state index in [1.165, 1.54) is 24.3 Å². The predicted octanol–water partition coefficient (Wildman–Crippen LogP) is 1.69. The van der Waals surface area contributed by atoms with Crippen LogP contribution >= 0.6 is 0 Å². The Hall–Kier alpha value is -2.34. The number of carboxylic acid groups (broad SMARTS) is 1. The molecule has 0 spiro atoms. The number of hydrogen-bond donors (Lipinski definition) is 1. The van der Waals surface area contributed by atoms with Crippen LogP contribution in [0.3, 0.4) is 0 Å². The summed E-state index contributed by atoms with van der Waals surface area (Å²) in [5, 5.41) is 9.35. The van der Waals surface area contributed by atoms with Crippen LogP contribution in [0.2, 0.25) is 0 Å². The van der Waals surface area contributed by atoms with E-state index in [0.29, 0.717) is 5.69 Å². The third kappa shape index (κ3) is 2.17. The average molecular weight is 302 g/mol. The van der Waals surface area contributed by atoms with E-state index in [-0.39, 0.29) is 11.3 Å². The largest absolute Gasteiger partial charge is 0.480 e. The van der Waals surface area contributed by atoms with Crippen molar-refractivity contribution in [2.45, 2.75) is 17.4 Å². The van der Waals surface area contributed by atoms with Crippen LogP contribution in [-0.2, 0) is 21.2 Å². The van der Waals surface area contributed by atoms with Gasteiger partial charge in [0.2, 0.25) is 0 Å². The Bertz CT molecular complexity index is 786. The number of aliphatic carboxylic acids is 1. The number of hydrogen-bond acceptors (Lipinski definition) is 3. The first-order valence-corrected chi connectivity index (χ1v) is 7.77. The first-order valence-electron chi connectivity index (χ1n) is 6.33. The Morgan fingerprint density at radius 2 is 1.86 bits per heavy atom. The Balaban J connectivity index is 2.17. The fourth-order valence-corrected chi connectivity index (χ4v) is 4.14. The summed E-state index contributed by atoms with van der Waals surface area (Å²) in [6.45, 7) is 0. The summed E-state index contributed by atoms with van der Waals surface area (Å²) >= 11 is 0. The molecule has 1 N–H and O–H groups in total. The first kappa shape index (κ1) is 13.6. The lowest BCUT2D eigenvalue weighted by Gasteiger charge is -2.24. The molecule has 0 fully saturated rings. The van der Waals surface area contributed by atoms with Gasteiger partial charge >= 0.3 is 5.97 Å². The number of para-hydroxylation sites is 1. The molecule has 1 aliphatic heterocycles. The summed E-state index contributed by atoms with van der Waals surface area (Å²) < 4.78 is 26.5. The maximum Gasteiger partial charge on any atom is 0.327 e. The van der Waals surface area contributed by atoms with Gasteiger partial charge in [0.15, 0.2) is 0 Å². The van der Waals surface area contributed by atoms with Gasteiger partial charge in [-0.25, -0.2) is 13.2 Å². The van der Waals surface area contributed by atoms with Gasteiger partial charge in [-0.2, -0.15) is 0 Å². The van der Waals surface area contributed by atoms with E-state index in [1.54, 1.807) is 24.3 Å². The van der Waals surface area contributed by atoms with Crippen molar-refractivity contribution < 1.29 is 18.3 Å². The number of carbonyl (C=O) groups is 1. The molecule has 6 heteroatoms. The number of sulfonamides is 1. The lowest BCUT2D eigenvalue weighted by atomic mass is 10.1. The molecular weight excluding hydrogens is 290 g/mol. The molecule has 2 aromatic rings. The van der Waals surface area contributed by atoms with Crippen LogP contribution < -0.4 is 4.31 Å². The molecule has 3 rings (SSSR count).